The SMILES string of the molecule is CN1CCC(CN2C(=O)COCC2CN)C1. The van der Waals surface area contributed by atoms with E-state index >= 15 is 0 Å². The number of rotatable bonds is 3. The van der Waals surface area contributed by atoms with Crippen molar-refractivity contribution in [1.82, 2.24) is 9.80 Å². The Morgan fingerprint density at radius 3 is 3.00 bits per heavy atom. The van der Waals surface area contributed by atoms with E-state index in [1.54, 1.807) is 0 Å². The molecule has 2 heterocycles. The van der Waals surface area contributed by atoms with Crippen LogP contribution in [0, 0.1) is 5.92 Å². The molecule has 2 rings (SSSR count). The average molecular weight is 227 g/mol. The number of morpholine rings is 1. The number of hydrogen-bond acceptors (Lipinski definition) is 4. The highest BCUT2D eigenvalue weighted by molar-refractivity contribution is 5.78. The van der Waals surface area contributed by atoms with Crippen molar-refractivity contribution in [3.05, 3.63) is 0 Å². The zero-order valence-electron chi connectivity index (χ0n) is 9.89. The standard InChI is InChI=1S/C11H21N3O2/c1-13-3-2-9(5-13)6-14-10(4-12)7-16-8-11(14)15/h9-10H,2-8,12H2,1H3. The lowest BCUT2D eigenvalue weighted by Gasteiger charge is -2.36. The molecule has 2 aliphatic heterocycles. The van der Waals surface area contributed by atoms with Crippen LogP contribution in [0.1, 0.15) is 6.42 Å². The van der Waals surface area contributed by atoms with Crippen LogP contribution in [0.25, 0.3) is 0 Å². The Labute approximate surface area is 96.5 Å². The molecule has 2 fully saturated rings. The topological polar surface area (TPSA) is 58.8 Å². The minimum Gasteiger partial charge on any atom is -0.369 e. The Kier molecular flexibility index (Phi) is 3.78. The predicted molar refractivity (Wildman–Crippen MR) is 61.0 cm³/mol. The van der Waals surface area contributed by atoms with Crippen LogP contribution in [0.3, 0.4) is 0 Å². The molecule has 16 heavy (non-hydrogen) atoms. The van der Waals surface area contributed by atoms with Gasteiger partial charge in [0.25, 0.3) is 0 Å². The summed E-state index contributed by atoms with van der Waals surface area (Å²) >= 11 is 0. The number of ether oxygens (including phenoxy) is 1. The molecule has 2 unspecified atom stereocenters. The van der Waals surface area contributed by atoms with Gasteiger partial charge < -0.3 is 20.3 Å². The molecule has 1 amide bonds. The molecule has 0 aromatic heterocycles. The van der Waals surface area contributed by atoms with E-state index in [1.165, 1.54) is 6.42 Å². The highest BCUT2D eigenvalue weighted by Gasteiger charge is 2.31. The summed E-state index contributed by atoms with van der Waals surface area (Å²) in [4.78, 5) is 16.0. The number of carbonyl (C=O) groups excluding carboxylic acids is 1. The third-order valence-electron chi connectivity index (χ3n) is 3.51. The van der Waals surface area contributed by atoms with Gasteiger partial charge in [-0.1, -0.05) is 0 Å². The maximum absolute atomic E-state index is 11.8. The first-order valence-corrected chi connectivity index (χ1v) is 5.96. The molecule has 2 N–H and O–H groups in total. The second-order valence-corrected chi connectivity index (χ2v) is 4.87. The summed E-state index contributed by atoms with van der Waals surface area (Å²) in [6.07, 6.45) is 1.18. The monoisotopic (exact) mass is 227 g/mol. The largest absolute Gasteiger partial charge is 0.369 e. The van der Waals surface area contributed by atoms with Crippen LogP contribution in [0.4, 0.5) is 0 Å². The zero-order valence-corrected chi connectivity index (χ0v) is 9.89. The van der Waals surface area contributed by atoms with Gasteiger partial charge in [0.2, 0.25) is 5.91 Å². The molecule has 2 atom stereocenters. The summed E-state index contributed by atoms with van der Waals surface area (Å²) in [5, 5.41) is 0. The van der Waals surface area contributed by atoms with Crippen molar-refractivity contribution < 1.29 is 9.53 Å². The minimum atomic E-state index is 0.0761. The molecule has 5 heteroatoms. The van der Waals surface area contributed by atoms with Crippen molar-refractivity contribution in [1.29, 1.82) is 0 Å². The number of likely N-dealkylation sites (tertiary alicyclic amines) is 1. The van der Waals surface area contributed by atoms with Gasteiger partial charge in [-0.3, -0.25) is 4.79 Å². The van der Waals surface area contributed by atoms with Crippen molar-refractivity contribution in [2.75, 3.05) is 46.4 Å². The first-order valence-electron chi connectivity index (χ1n) is 5.96. The molecule has 2 aliphatic rings. The highest BCUT2D eigenvalue weighted by Crippen LogP contribution is 2.18. The number of nitrogens with zero attached hydrogens (tertiary/aromatic N) is 2. The number of carbonyl (C=O) groups is 1. The van der Waals surface area contributed by atoms with Gasteiger partial charge in [-0.25, -0.2) is 0 Å². The Bertz CT molecular complexity index is 260. The van der Waals surface area contributed by atoms with Crippen LogP contribution < -0.4 is 5.73 Å². The van der Waals surface area contributed by atoms with E-state index in [0.717, 1.165) is 19.6 Å². The van der Waals surface area contributed by atoms with Crippen molar-refractivity contribution in [3.8, 4) is 0 Å². The molecular weight excluding hydrogens is 206 g/mol. The molecule has 92 valence electrons. The summed E-state index contributed by atoms with van der Waals surface area (Å²) in [5.41, 5.74) is 5.67. The highest BCUT2D eigenvalue weighted by atomic mass is 16.5. The first-order chi connectivity index (χ1) is 7.70. The van der Waals surface area contributed by atoms with Gasteiger partial charge in [0.05, 0.1) is 12.6 Å². The number of nitrogens with two attached hydrogens (primary N) is 1. The summed E-state index contributed by atoms with van der Waals surface area (Å²) in [6.45, 7) is 4.37. The number of amides is 1. The van der Waals surface area contributed by atoms with Crippen LogP contribution in [0.15, 0.2) is 0 Å². The Balaban J connectivity index is 1.92. The van der Waals surface area contributed by atoms with Gasteiger partial charge in [0, 0.05) is 19.6 Å². The fourth-order valence-corrected chi connectivity index (χ4v) is 2.56. The van der Waals surface area contributed by atoms with E-state index < -0.39 is 0 Å². The molecule has 0 aromatic rings. The third-order valence-corrected chi connectivity index (χ3v) is 3.51. The fraction of sp³-hybridized carbons (Fsp3) is 0.909. The van der Waals surface area contributed by atoms with E-state index in [-0.39, 0.29) is 18.6 Å². The van der Waals surface area contributed by atoms with Crippen LogP contribution in [0.2, 0.25) is 0 Å². The van der Waals surface area contributed by atoms with E-state index in [1.807, 2.05) is 4.90 Å². The maximum atomic E-state index is 11.8. The van der Waals surface area contributed by atoms with Gasteiger partial charge in [0.15, 0.2) is 0 Å². The average Bonchev–Trinajstić information content (AvgIpc) is 2.67. The molecule has 2 saturated heterocycles. The van der Waals surface area contributed by atoms with Crippen LogP contribution in [-0.4, -0.2) is 68.2 Å². The second-order valence-electron chi connectivity index (χ2n) is 4.87. The van der Waals surface area contributed by atoms with Crippen LogP contribution in [0.5, 0.6) is 0 Å². The lowest BCUT2D eigenvalue weighted by Crippen LogP contribution is -2.54. The quantitative estimate of drug-likeness (QED) is 0.680. The van der Waals surface area contributed by atoms with Gasteiger partial charge in [-0.2, -0.15) is 0 Å². The van der Waals surface area contributed by atoms with Crippen molar-refractivity contribution in [2.24, 2.45) is 11.7 Å². The van der Waals surface area contributed by atoms with Crippen molar-refractivity contribution in [2.45, 2.75) is 12.5 Å². The summed E-state index contributed by atoms with van der Waals surface area (Å²) in [5.74, 6) is 0.692. The second kappa shape index (κ2) is 5.12. The third kappa shape index (κ3) is 2.53. The summed E-state index contributed by atoms with van der Waals surface area (Å²) in [6, 6.07) is 0.0761. The Morgan fingerprint density at radius 1 is 1.56 bits per heavy atom. The van der Waals surface area contributed by atoms with Gasteiger partial charge in [0.1, 0.15) is 6.61 Å². The Hall–Kier alpha value is -0.650. The van der Waals surface area contributed by atoms with Crippen molar-refractivity contribution in [3.63, 3.8) is 0 Å². The molecule has 0 saturated carbocycles. The molecule has 0 bridgehead atoms. The molecule has 0 spiro atoms. The predicted octanol–water partition coefficient (Wildman–Crippen LogP) is -0.876. The van der Waals surface area contributed by atoms with E-state index in [4.69, 9.17) is 10.5 Å². The summed E-state index contributed by atoms with van der Waals surface area (Å²) in [7, 11) is 2.13. The smallest absolute Gasteiger partial charge is 0.248 e. The number of hydrogen-bond donors (Lipinski definition) is 1. The normalized spacial score (nSPS) is 32.4. The van der Waals surface area contributed by atoms with Crippen molar-refractivity contribution >= 4 is 5.91 Å². The van der Waals surface area contributed by atoms with E-state index in [0.29, 0.717) is 19.1 Å². The lowest BCUT2D eigenvalue weighted by molar-refractivity contribution is -0.148. The van der Waals surface area contributed by atoms with E-state index in [2.05, 4.69) is 11.9 Å². The minimum absolute atomic E-state index is 0.0761. The molecule has 0 aromatic carbocycles. The van der Waals surface area contributed by atoms with Gasteiger partial charge in [-0.05, 0) is 25.9 Å². The fourth-order valence-electron chi connectivity index (χ4n) is 2.56. The van der Waals surface area contributed by atoms with Crippen LogP contribution >= 0.6 is 0 Å². The molecule has 0 aliphatic carbocycles. The summed E-state index contributed by atoms with van der Waals surface area (Å²) < 4.78 is 5.22. The van der Waals surface area contributed by atoms with Crippen LogP contribution in [-0.2, 0) is 9.53 Å². The van der Waals surface area contributed by atoms with E-state index in [9.17, 15) is 4.79 Å². The van der Waals surface area contributed by atoms with Gasteiger partial charge >= 0.3 is 0 Å². The first kappa shape index (κ1) is 11.8. The molecular formula is C11H21N3O2. The zero-order chi connectivity index (χ0) is 11.5. The molecule has 0 radical (unpaired) electrons. The molecule has 5 nitrogen and oxygen atoms in total. The Morgan fingerprint density at radius 2 is 2.38 bits per heavy atom. The maximum Gasteiger partial charge on any atom is 0.248 e. The lowest BCUT2D eigenvalue weighted by atomic mass is 10.1. The van der Waals surface area contributed by atoms with Gasteiger partial charge in [-0.15, -0.1) is 0 Å².